The Hall–Kier alpha value is -5.39. The summed E-state index contributed by atoms with van der Waals surface area (Å²) >= 11 is 0. The molecule has 0 bridgehead atoms. The van der Waals surface area contributed by atoms with E-state index >= 15 is 0 Å². The summed E-state index contributed by atoms with van der Waals surface area (Å²) < 4.78 is 11.9. The van der Waals surface area contributed by atoms with Gasteiger partial charge in [0.05, 0.1) is 24.4 Å². The van der Waals surface area contributed by atoms with Crippen molar-refractivity contribution in [1.29, 1.82) is 0 Å². The standard InChI is InChI=1S/C39H47N5O7/c1-6-26-15-27(17-29(16-26)43-38(48)25(4)42-37(47)24(3)41-36(46)14-10-7-11-23(2)45)22-51-35-20-32-31(19-34(35)50-5)39(49)44-30(21-40-32)18-28-12-8-9-13-33(28)44/h8-9,12-13,15-17,19-20,24-25,30,40H,6-7,10-11,14,18,21-22H2,1-5H3,(H,41,46)(H,42,47)(H,43,48)/t24?,25?,30-/m0/s1. The first-order valence-corrected chi connectivity index (χ1v) is 17.5. The van der Waals surface area contributed by atoms with Crippen molar-refractivity contribution >= 4 is 46.5 Å². The van der Waals surface area contributed by atoms with Crippen LogP contribution in [-0.2, 0) is 38.6 Å². The van der Waals surface area contributed by atoms with Crippen LogP contribution < -0.4 is 35.6 Å². The van der Waals surface area contributed by atoms with Crippen LogP contribution in [0, 0.1) is 0 Å². The molecule has 2 aliphatic rings. The second kappa shape index (κ2) is 16.5. The Morgan fingerprint density at radius 2 is 1.65 bits per heavy atom. The molecule has 51 heavy (non-hydrogen) atoms. The molecule has 3 atom stereocenters. The second-order valence-corrected chi connectivity index (χ2v) is 13.2. The Morgan fingerprint density at radius 3 is 2.39 bits per heavy atom. The summed E-state index contributed by atoms with van der Waals surface area (Å²) in [5.74, 6) is -0.303. The highest BCUT2D eigenvalue weighted by Crippen LogP contribution is 2.40. The van der Waals surface area contributed by atoms with Gasteiger partial charge in [0.15, 0.2) is 11.5 Å². The smallest absolute Gasteiger partial charge is 0.260 e. The lowest BCUT2D eigenvalue weighted by Crippen LogP contribution is -2.50. The van der Waals surface area contributed by atoms with Gasteiger partial charge in [0.2, 0.25) is 17.7 Å². The van der Waals surface area contributed by atoms with Crippen LogP contribution in [0.25, 0.3) is 0 Å². The molecule has 0 aromatic heterocycles. The quantitative estimate of drug-likeness (QED) is 0.163. The Morgan fingerprint density at radius 1 is 0.922 bits per heavy atom. The first-order valence-electron chi connectivity index (χ1n) is 17.5. The van der Waals surface area contributed by atoms with E-state index in [1.807, 2.05) is 48.2 Å². The molecule has 3 aromatic rings. The van der Waals surface area contributed by atoms with Gasteiger partial charge in [-0.05, 0) is 87.4 Å². The summed E-state index contributed by atoms with van der Waals surface area (Å²) in [6.45, 7) is 7.41. The van der Waals surface area contributed by atoms with Crippen LogP contribution in [0.4, 0.5) is 17.1 Å². The molecule has 12 heteroatoms. The topological polar surface area (TPSA) is 155 Å². The minimum atomic E-state index is -0.874. The fourth-order valence-corrected chi connectivity index (χ4v) is 6.39. The van der Waals surface area contributed by atoms with Crippen molar-refractivity contribution in [3.05, 3.63) is 76.9 Å². The number of carbonyl (C=O) groups is 5. The number of para-hydroxylation sites is 1. The zero-order valence-electron chi connectivity index (χ0n) is 29.9. The fourth-order valence-electron chi connectivity index (χ4n) is 6.39. The highest BCUT2D eigenvalue weighted by atomic mass is 16.5. The molecule has 2 aliphatic heterocycles. The van der Waals surface area contributed by atoms with Crippen LogP contribution in [0.2, 0.25) is 0 Å². The number of nitrogens with zero attached hydrogens (tertiary/aromatic N) is 1. The molecule has 12 nitrogen and oxygen atoms in total. The lowest BCUT2D eigenvalue weighted by Gasteiger charge is -2.22. The third kappa shape index (κ3) is 9.05. The number of hydrogen-bond donors (Lipinski definition) is 4. The van der Waals surface area contributed by atoms with Crippen molar-refractivity contribution in [2.45, 2.75) is 91.0 Å². The van der Waals surface area contributed by atoms with Crippen LogP contribution in [0.3, 0.4) is 0 Å². The predicted molar refractivity (Wildman–Crippen MR) is 195 cm³/mol. The summed E-state index contributed by atoms with van der Waals surface area (Å²) in [5, 5.41) is 11.6. The number of carbonyl (C=O) groups excluding carboxylic acids is 5. The lowest BCUT2D eigenvalue weighted by molar-refractivity contribution is -0.130. The van der Waals surface area contributed by atoms with Crippen LogP contribution in [0.15, 0.2) is 54.6 Å². The van der Waals surface area contributed by atoms with Crippen molar-refractivity contribution in [3.8, 4) is 11.5 Å². The second-order valence-electron chi connectivity index (χ2n) is 13.2. The number of nitrogens with one attached hydrogen (secondary N) is 4. The number of ether oxygens (including phenoxy) is 2. The summed E-state index contributed by atoms with van der Waals surface area (Å²) in [6, 6.07) is 15.5. The van der Waals surface area contributed by atoms with E-state index in [-0.39, 0.29) is 36.7 Å². The number of unbranched alkanes of at least 4 members (excludes halogenated alkanes) is 1. The predicted octanol–water partition coefficient (Wildman–Crippen LogP) is 4.93. The molecule has 0 radical (unpaired) electrons. The summed E-state index contributed by atoms with van der Waals surface area (Å²) in [7, 11) is 1.54. The number of aryl methyl sites for hydroxylation is 1. The van der Waals surface area contributed by atoms with Crippen LogP contribution in [0.5, 0.6) is 11.5 Å². The van der Waals surface area contributed by atoms with E-state index in [1.54, 1.807) is 26.0 Å². The number of rotatable bonds is 15. The van der Waals surface area contributed by atoms with Gasteiger partial charge in [0.1, 0.15) is 24.5 Å². The summed E-state index contributed by atoms with van der Waals surface area (Å²) in [4.78, 5) is 64.8. The van der Waals surface area contributed by atoms with E-state index in [4.69, 9.17) is 9.47 Å². The van der Waals surface area contributed by atoms with Gasteiger partial charge in [0, 0.05) is 36.8 Å². The van der Waals surface area contributed by atoms with Gasteiger partial charge in [-0.25, -0.2) is 0 Å². The van der Waals surface area contributed by atoms with Gasteiger partial charge < -0.3 is 40.4 Å². The van der Waals surface area contributed by atoms with Crippen molar-refractivity contribution in [2.24, 2.45) is 0 Å². The lowest BCUT2D eigenvalue weighted by atomic mass is 10.1. The minimum Gasteiger partial charge on any atom is -0.493 e. The van der Waals surface area contributed by atoms with Gasteiger partial charge in [-0.15, -0.1) is 0 Å². The molecule has 5 rings (SSSR count). The highest BCUT2D eigenvalue weighted by molar-refractivity contribution is 6.12. The largest absolute Gasteiger partial charge is 0.493 e. The molecular formula is C39H47N5O7. The van der Waals surface area contributed by atoms with Crippen LogP contribution in [0.1, 0.15) is 80.4 Å². The van der Waals surface area contributed by atoms with Crippen LogP contribution in [-0.4, -0.2) is 61.2 Å². The maximum atomic E-state index is 13.8. The number of Topliss-reactive ketones (excluding diaryl/α,β-unsaturated/α-hetero) is 1. The molecule has 0 spiro atoms. The maximum absolute atomic E-state index is 13.8. The Kier molecular flexibility index (Phi) is 12.0. The summed E-state index contributed by atoms with van der Waals surface area (Å²) in [6.07, 6.45) is 3.30. The average molecular weight is 698 g/mol. The maximum Gasteiger partial charge on any atom is 0.260 e. The van der Waals surface area contributed by atoms with Crippen LogP contribution >= 0.6 is 0 Å². The number of ketones is 1. The van der Waals surface area contributed by atoms with Crippen molar-refractivity contribution in [3.63, 3.8) is 0 Å². The van der Waals surface area contributed by atoms with E-state index in [9.17, 15) is 24.0 Å². The van der Waals surface area contributed by atoms with E-state index in [0.29, 0.717) is 60.7 Å². The first-order chi connectivity index (χ1) is 24.5. The molecule has 270 valence electrons. The SMILES string of the molecule is CCc1cc(COc2cc3c(cc2OC)C(=O)N2c4ccccc4C[C@H]2CN3)cc(NC(=O)C(C)NC(=O)C(C)NC(=O)CCCCC(C)=O)c1. The fraction of sp³-hybridized carbons (Fsp3) is 0.410. The monoisotopic (exact) mass is 697 g/mol. The molecule has 4 N–H and O–H groups in total. The van der Waals surface area contributed by atoms with E-state index in [2.05, 4.69) is 27.3 Å². The molecule has 2 unspecified atom stereocenters. The van der Waals surface area contributed by atoms with Gasteiger partial charge in [-0.1, -0.05) is 31.2 Å². The first kappa shape index (κ1) is 36.9. The Bertz CT molecular complexity index is 1810. The summed E-state index contributed by atoms with van der Waals surface area (Å²) in [5.41, 5.74) is 5.60. The van der Waals surface area contributed by atoms with E-state index in [0.717, 1.165) is 28.8 Å². The molecule has 2 heterocycles. The minimum absolute atomic E-state index is 0.00314. The van der Waals surface area contributed by atoms with E-state index < -0.39 is 23.9 Å². The third-order valence-corrected chi connectivity index (χ3v) is 9.18. The highest BCUT2D eigenvalue weighted by Gasteiger charge is 2.37. The number of hydrogen-bond acceptors (Lipinski definition) is 8. The molecule has 0 aliphatic carbocycles. The molecular weight excluding hydrogens is 650 g/mol. The van der Waals surface area contributed by atoms with Crippen molar-refractivity contribution < 1.29 is 33.4 Å². The number of methoxy groups -OCH3 is 1. The molecule has 0 saturated carbocycles. The van der Waals surface area contributed by atoms with Gasteiger partial charge in [-0.3, -0.25) is 19.2 Å². The van der Waals surface area contributed by atoms with Gasteiger partial charge in [0.25, 0.3) is 5.91 Å². The molecule has 0 saturated heterocycles. The zero-order valence-corrected chi connectivity index (χ0v) is 29.9. The average Bonchev–Trinajstić information content (AvgIpc) is 3.43. The Balaban J connectivity index is 1.20. The van der Waals surface area contributed by atoms with Gasteiger partial charge >= 0.3 is 0 Å². The zero-order chi connectivity index (χ0) is 36.7. The van der Waals surface area contributed by atoms with Crippen molar-refractivity contribution in [2.75, 3.05) is 29.2 Å². The molecule has 0 fully saturated rings. The van der Waals surface area contributed by atoms with E-state index in [1.165, 1.54) is 14.0 Å². The number of fused-ring (bicyclic) bond motifs is 4. The molecule has 3 aromatic carbocycles. The Labute approximate surface area is 298 Å². The number of anilines is 3. The van der Waals surface area contributed by atoms with Gasteiger partial charge in [-0.2, -0.15) is 0 Å². The number of amides is 4. The number of benzene rings is 3. The normalized spacial score (nSPS) is 15.6. The van der Waals surface area contributed by atoms with Crippen molar-refractivity contribution in [1.82, 2.24) is 10.6 Å². The molecule has 4 amide bonds. The third-order valence-electron chi connectivity index (χ3n) is 9.18.